The molecule has 4 heteroatoms. The van der Waals surface area contributed by atoms with E-state index in [1.807, 2.05) is 18.2 Å². The monoisotopic (exact) mass is 261 g/mol. The smallest absolute Gasteiger partial charge is 0.324 e. The summed E-state index contributed by atoms with van der Waals surface area (Å²) in [5, 5.41) is 12.9. The van der Waals surface area contributed by atoms with Crippen molar-refractivity contribution in [2.24, 2.45) is 0 Å². The predicted octanol–water partition coefficient (Wildman–Crippen LogP) is 1.77. The van der Waals surface area contributed by atoms with Gasteiger partial charge in [-0.05, 0) is 24.8 Å². The summed E-state index contributed by atoms with van der Waals surface area (Å²) in [5.41, 5.74) is 0.513. The first-order chi connectivity index (χ1) is 9.21. The van der Waals surface area contributed by atoms with E-state index in [0.29, 0.717) is 32.0 Å². The largest absolute Gasteiger partial charge is 0.480 e. The predicted molar refractivity (Wildman–Crippen MR) is 71.1 cm³/mol. The maximum absolute atomic E-state index is 11.6. The summed E-state index contributed by atoms with van der Waals surface area (Å²) < 4.78 is 5.29. The Morgan fingerprint density at radius 1 is 1.26 bits per heavy atom. The van der Waals surface area contributed by atoms with Crippen LogP contribution in [-0.4, -0.2) is 35.9 Å². The van der Waals surface area contributed by atoms with Crippen molar-refractivity contribution in [3.63, 3.8) is 0 Å². The van der Waals surface area contributed by atoms with E-state index in [-0.39, 0.29) is 6.04 Å². The molecule has 2 N–H and O–H groups in total. The summed E-state index contributed by atoms with van der Waals surface area (Å²) in [6.07, 6.45) is 2.14. The van der Waals surface area contributed by atoms with Gasteiger partial charge in [0.15, 0.2) is 0 Å². The van der Waals surface area contributed by atoms with Crippen LogP contribution in [0, 0.1) is 0 Å². The topological polar surface area (TPSA) is 58.6 Å². The summed E-state index contributed by atoms with van der Waals surface area (Å²) in [6.45, 7) is 1.06. The molecule has 1 aromatic rings. The zero-order valence-electron chi connectivity index (χ0n) is 10.8. The Kier molecular flexibility index (Phi) is 3.29. The Morgan fingerprint density at radius 2 is 1.95 bits per heavy atom. The van der Waals surface area contributed by atoms with Gasteiger partial charge in [0.05, 0.1) is 0 Å². The van der Waals surface area contributed by atoms with E-state index in [0.717, 1.165) is 6.42 Å². The van der Waals surface area contributed by atoms with Crippen LogP contribution in [0.4, 0.5) is 0 Å². The molecule has 0 spiro atoms. The molecule has 4 nitrogen and oxygen atoms in total. The molecule has 0 aromatic heterocycles. The Hall–Kier alpha value is -1.39. The first kappa shape index (κ1) is 12.6. The molecule has 2 aliphatic rings. The molecule has 1 aromatic carbocycles. The fourth-order valence-electron chi connectivity index (χ4n) is 2.92. The molecular weight excluding hydrogens is 242 g/mol. The summed E-state index contributed by atoms with van der Waals surface area (Å²) in [5.74, 6) is -0.283. The number of benzene rings is 1. The van der Waals surface area contributed by atoms with Gasteiger partial charge in [-0.2, -0.15) is 0 Å². The van der Waals surface area contributed by atoms with Crippen molar-refractivity contribution in [1.82, 2.24) is 5.32 Å². The minimum atomic E-state index is -0.785. The van der Waals surface area contributed by atoms with Crippen molar-refractivity contribution in [3.8, 4) is 0 Å². The van der Waals surface area contributed by atoms with Crippen molar-refractivity contribution in [2.75, 3.05) is 13.2 Å². The summed E-state index contributed by atoms with van der Waals surface area (Å²) >= 11 is 0. The van der Waals surface area contributed by atoms with Crippen LogP contribution in [0.25, 0.3) is 0 Å². The van der Waals surface area contributed by atoms with Gasteiger partial charge in [-0.1, -0.05) is 30.3 Å². The molecular formula is C15H19NO3. The third kappa shape index (κ3) is 2.51. The number of hydrogen-bond donors (Lipinski definition) is 2. The van der Waals surface area contributed by atoms with Crippen LogP contribution in [0.5, 0.6) is 0 Å². The average molecular weight is 261 g/mol. The van der Waals surface area contributed by atoms with Gasteiger partial charge in [-0.15, -0.1) is 0 Å². The fraction of sp³-hybridized carbons (Fsp3) is 0.533. The number of nitrogens with one attached hydrogen (secondary N) is 1. The van der Waals surface area contributed by atoms with Crippen LogP contribution in [0.15, 0.2) is 30.3 Å². The summed E-state index contributed by atoms with van der Waals surface area (Å²) in [4.78, 5) is 11.6. The standard InChI is InChI=1S/C15H19NO3/c17-14(18)15(6-8-19-9-7-15)16-13-10-12(13)11-4-2-1-3-5-11/h1-5,12-13,16H,6-10H2,(H,17,18). The Balaban J connectivity index is 1.67. The third-order valence-corrected chi connectivity index (χ3v) is 4.24. The van der Waals surface area contributed by atoms with Crippen molar-refractivity contribution in [2.45, 2.75) is 36.8 Å². The zero-order valence-corrected chi connectivity index (χ0v) is 10.8. The number of hydrogen-bond acceptors (Lipinski definition) is 3. The molecule has 3 rings (SSSR count). The van der Waals surface area contributed by atoms with Gasteiger partial charge >= 0.3 is 5.97 Å². The molecule has 102 valence electrons. The van der Waals surface area contributed by atoms with Gasteiger partial charge in [0.1, 0.15) is 5.54 Å². The number of carbonyl (C=O) groups is 1. The lowest BCUT2D eigenvalue weighted by atomic mass is 9.90. The van der Waals surface area contributed by atoms with Crippen LogP contribution >= 0.6 is 0 Å². The second kappa shape index (κ2) is 4.94. The molecule has 0 amide bonds. The quantitative estimate of drug-likeness (QED) is 0.867. The van der Waals surface area contributed by atoms with Gasteiger partial charge in [0.2, 0.25) is 0 Å². The van der Waals surface area contributed by atoms with E-state index >= 15 is 0 Å². The molecule has 0 radical (unpaired) electrons. The van der Waals surface area contributed by atoms with Gasteiger partial charge in [-0.25, -0.2) is 0 Å². The van der Waals surface area contributed by atoms with Crippen molar-refractivity contribution in [1.29, 1.82) is 0 Å². The van der Waals surface area contributed by atoms with E-state index in [1.165, 1.54) is 5.56 Å². The van der Waals surface area contributed by atoms with Crippen molar-refractivity contribution < 1.29 is 14.6 Å². The summed E-state index contributed by atoms with van der Waals surface area (Å²) in [6, 6.07) is 10.6. The summed E-state index contributed by atoms with van der Waals surface area (Å²) in [7, 11) is 0. The van der Waals surface area contributed by atoms with Crippen LogP contribution in [0.2, 0.25) is 0 Å². The second-order valence-electron chi connectivity index (χ2n) is 5.50. The molecule has 1 aliphatic carbocycles. The average Bonchev–Trinajstić information content (AvgIpc) is 3.20. The van der Waals surface area contributed by atoms with Crippen molar-refractivity contribution >= 4 is 5.97 Å². The highest BCUT2D eigenvalue weighted by Gasteiger charge is 2.48. The van der Waals surface area contributed by atoms with Crippen LogP contribution in [0.1, 0.15) is 30.7 Å². The third-order valence-electron chi connectivity index (χ3n) is 4.24. The van der Waals surface area contributed by atoms with E-state index in [4.69, 9.17) is 4.74 Å². The Bertz CT molecular complexity index is 454. The molecule has 1 saturated heterocycles. The maximum atomic E-state index is 11.6. The molecule has 2 unspecified atom stereocenters. The van der Waals surface area contributed by atoms with Crippen molar-refractivity contribution in [3.05, 3.63) is 35.9 Å². The lowest BCUT2D eigenvalue weighted by Gasteiger charge is -2.34. The first-order valence-corrected chi connectivity index (χ1v) is 6.85. The first-order valence-electron chi connectivity index (χ1n) is 6.85. The number of aliphatic carboxylic acids is 1. The highest BCUT2D eigenvalue weighted by molar-refractivity contribution is 5.79. The highest BCUT2D eigenvalue weighted by atomic mass is 16.5. The van der Waals surface area contributed by atoms with E-state index in [9.17, 15) is 9.90 Å². The van der Waals surface area contributed by atoms with Gasteiger partial charge in [-0.3, -0.25) is 10.1 Å². The molecule has 2 atom stereocenters. The van der Waals surface area contributed by atoms with E-state index in [2.05, 4.69) is 17.4 Å². The van der Waals surface area contributed by atoms with Gasteiger partial charge in [0.25, 0.3) is 0 Å². The minimum absolute atomic E-state index is 0.289. The molecule has 19 heavy (non-hydrogen) atoms. The zero-order chi connectivity index (χ0) is 13.3. The molecule has 1 heterocycles. The minimum Gasteiger partial charge on any atom is -0.480 e. The maximum Gasteiger partial charge on any atom is 0.324 e. The Morgan fingerprint density at radius 3 is 2.58 bits per heavy atom. The molecule has 1 saturated carbocycles. The molecule has 0 bridgehead atoms. The second-order valence-corrected chi connectivity index (χ2v) is 5.50. The number of ether oxygens (including phenoxy) is 1. The number of carboxylic acids is 1. The van der Waals surface area contributed by atoms with E-state index < -0.39 is 11.5 Å². The molecule has 2 fully saturated rings. The number of carboxylic acid groups (broad SMARTS) is 1. The fourth-order valence-corrected chi connectivity index (χ4v) is 2.92. The normalized spacial score (nSPS) is 28.8. The Labute approximate surface area is 112 Å². The number of rotatable bonds is 4. The lowest BCUT2D eigenvalue weighted by Crippen LogP contribution is -2.56. The lowest BCUT2D eigenvalue weighted by molar-refractivity contribution is -0.149. The van der Waals surface area contributed by atoms with Crippen LogP contribution in [-0.2, 0) is 9.53 Å². The van der Waals surface area contributed by atoms with Crippen LogP contribution < -0.4 is 5.32 Å². The molecule has 1 aliphatic heterocycles. The SMILES string of the molecule is O=C(O)C1(NC2CC2c2ccccc2)CCOCC1. The highest BCUT2D eigenvalue weighted by Crippen LogP contribution is 2.42. The van der Waals surface area contributed by atoms with Gasteiger partial charge < -0.3 is 9.84 Å². The van der Waals surface area contributed by atoms with E-state index in [1.54, 1.807) is 0 Å². The van der Waals surface area contributed by atoms with Crippen LogP contribution in [0.3, 0.4) is 0 Å². The van der Waals surface area contributed by atoms with Gasteiger partial charge in [0, 0.05) is 25.2 Å².